The molecule has 0 fully saturated rings. The Balaban J connectivity index is 2.35. The van der Waals surface area contributed by atoms with Crippen LogP contribution in [0.15, 0.2) is 16.4 Å². The normalized spacial score (nSPS) is 27.0. The van der Waals surface area contributed by atoms with Crippen molar-refractivity contribution in [2.45, 2.75) is 12.8 Å². The quantitative estimate of drug-likeness (QED) is 0.331. The number of nitrogens with one attached hydrogen (secondary N) is 3. The molecule has 1 atom stereocenters. The molecule has 9 nitrogen and oxygen atoms in total. The van der Waals surface area contributed by atoms with Crippen LogP contribution < -0.4 is 16.1 Å². The molecule has 0 aliphatic carbocycles. The number of hydrogen-bond acceptors (Lipinski definition) is 8. The van der Waals surface area contributed by atoms with Gasteiger partial charge >= 0.3 is 11.5 Å². The van der Waals surface area contributed by atoms with Gasteiger partial charge in [0.05, 0.1) is 11.5 Å². The van der Waals surface area contributed by atoms with E-state index < -0.39 is 10.8 Å². The first-order chi connectivity index (χ1) is 8.47. The van der Waals surface area contributed by atoms with Gasteiger partial charge in [-0.3, -0.25) is 25.5 Å². The fraction of sp³-hybridized carbons (Fsp3) is 0.667. The maximum absolute atomic E-state index is 11.2. The number of allylic oxidation sites excluding steroid dienone is 1. The molecule has 2 rings (SSSR count). The molecule has 1 unspecified atom stereocenters. The summed E-state index contributed by atoms with van der Waals surface area (Å²) in [4.78, 5) is 21.9. The van der Waals surface area contributed by atoms with Crippen molar-refractivity contribution in [2.24, 2.45) is 4.99 Å². The number of rotatable bonds is 3. The van der Waals surface area contributed by atoms with Crippen molar-refractivity contribution < 1.29 is 9.76 Å². The lowest BCUT2D eigenvalue weighted by Gasteiger charge is -2.32. The van der Waals surface area contributed by atoms with Crippen LogP contribution >= 0.6 is 0 Å². The molecule has 0 aromatic heterocycles. The Morgan fingerprint density at radius 2 is 2.33 bits per heavy atom. The molecule has 0 radical (unpaired) electrons. The summed E-state index contributed by atoms with van der Waals surface area (Å²) < 4.78 is 0. The van der Waals surface area contributed by atoms with Crippen LogP contribution in [0.3, 0.4) is 0 Å². The van der Waals surface area contributed by atoms with Crippen molar-refractivity contribution >= 4 is 5.96 Å². The van der Waals surface area contributed by atoms with Crippen LogP contribution in [0.4, 0.5) is 0 Å². The van der Waals surface area contributed by atoms with Crippen molar-refractivity contribution in [3.8, 4) is 0 Å². The number of nitro groups is 1. The Labute approximate surface area is 104 Å². The van der Waals surface area contributed by atoms with E-state index in [9.17, 15) is 10.1 Å². The molecule has 18 heavy (non-hydrogen) atoms. The number of nitrogens with zero attached hydrogens (tertiary/aromatic N) is 3. The van der Waals surface area contributed by atoms with E-state index in [1.165, 1.54) is 0 Å². The summed E-state index contributed by atoms with van der Waals surface area (Å²) in [7, 11) is 3.37. The molecule has 0 aromatic rings. The molecule has 0 saturated heterocycles. The van der Waals surface area contributed by atoms with E-state index in [2.05, 4.69) is 21.1 Å². The monoisotopic (exact) mass is 256 g/mol. The summed E-state index contributed by atoms with van der Waals surface area (Å²) in [5.41, 5.74) is 2.83. The van der Waals surface area contributed by atoms with Gasteiger partial charge in [0.2, 0.25) is 0 Å². The number of likely N-dealkylation sites (N-methyl/N-ethyl adjacent to an activating group) is 1. The van der Waals surface area contributed by atoms with Gasteiger partial charge in [-0.05, 0) is 21.0 Å². The van der Waals surface area contributed by atoms with Crippen LogP contribution in [0.2, 0.25) is 0 Å². The van der Waals surface area contributed by atoms with Gasteiger partial charge in [0.25, 0.3) is 0 Å². The van der Waals surface area contributed by atoms with Gasteiger partial charge in [0, 0.05) is 6.54 Å². The van der Waals surface area contributed by atoms with Crippen LogP contribution in [0, 0.1) is 10.1 Å². The molecular formula is C9H16N6O3. The Morgan fingerprint density at radius 1 is 1.61 bits per heavy atom. The predicted octanol–water partition coefficient (Wildman–Crippen LogP) is -1.21. The fourth-order valence-electron chi connectivity index (χ4n) is 1.90. The highest BCUT2D eigenvalue weighted by Gasteiger charge is 2.54. The summed E-state index contributed by atoms with van der Waals surface area (Å²) in [6, 6.07) is 0. The van der Waals surface area contributed by atoms with Crippen LogP contribution in [-0.2, 0) is 4.84 Å². The summed E-state index contributed by atoms with van der Waals surface area (Å²) in [6.07, 6.45) is 0. The van der Waals surface area contributed by atoms with Gasteiger partial charge in [-0.15, -0.1) is 0 Å². The lowest BCUT2D eigenvalue weighted by molar-refractivity contribution is -0.451. The van der Waals surface area contributed by atoms with Gasteiger partial charge < -0.3 is 10.6 Å². The average molecular weight is 256 g/mol. The standard InChI is InChI=1S/C9H16N6O3/c1-6-7(15(16)17)9(14(2)3,18-13-6)12-8-10-4-5-11-8/h13H,4-5H2,1-3H3,(H2,10,11,12). The Kier molecular flexibility index (Phi) is 3.09. The van der Waals surface area contributed by atoms with Crippen LogP contribution in [0.25, 0.3) is 0 Å². The highest BCUT2D eigenvalue weighted by Crippen LogP contribution is 2.28. The van der Waals surface area contributed by atoms with E-state index in [-0.39, 0.29) is 5.70 Å². The molecule has 2 aliphatic heterocycles. The second kappa shape index (κ2) is 4.42. The highest BCUT2D eigenvalue weighted by molar-refractivity contribution is 5.82. The van der Waals surface area contributed by atoms with Crippen molar-refractivity contribution in [1.29, 1.82) is 0 Å². The molecule has 2 aliphatic rings. The van der Waals surface area contributed by atoms with Crippen LogP contribution in [-0.4, -0.2) is 48.8 Å². The molecule has 0 aromatic carbocycles. The summed E-state index contributed by atoms with van der Waals surface area (Å²) in [5, 5.41) is 17.1. The zero-order chi connectivity index (χ0) is 13.3. The van der Waals surface area contributed by atoms with E-state index in [0.717, 1.165) is 0 Å². The van der Waals surface area contributed by atoms with Gasteiger partial charge in [0.15, 0.2) is 5.96 Å². The Bertz CT molecular complexity index is 432. The molecular weight excluding hydrogens is 240 g/mol. The SMILES string of the molecule is CC1=C([N+](=O)[O-])C(NC2=NCCN2)(N(C)C)ON1. The minimum Gasteiger partial charge on any atom is -0.354 e. The molecule has 3 N–H and O–H groups in total. The molecule has 9 heteroatoms. The zero-order valence-electron chi connectivity index (χ0n) is 10.5. The van der Waals surface area contributed by atoms with E-state index >= 15 is 0 Å². The maximum Gasteiger partial charge on any atom is 0.337 e. The van der Waals surface area contributed by atoms with Crippen molar-refractivity contribution in [3.05, 3.63) is 21.5 Å². The first-order valence-electron chi connectivity index (χ1n) is 5.51. The van der Waals surface area contributed by atoms with E-state index in [4.69, 9.17) is 4.84 Å². The molecule has 0 spiro atoms. The fourth-order valence-corrected chi connectivity index (χ4v) is 1.90. The third kappa shape index (κ3) is 1.87. The number of hydrogen-bond donors (Lipinski definition) is 3. The van der Waals surface area contributed by atoms with Gasteiger partial charge in [-0.25, -0.2) is 4.84 Å². The topological polar surface area (TPSA) is 104 Å². The van der Waals surface area contributed by atoms with Crippen molar-refractivity contribution in [1.82, 2.24) is 21.0 Å². The first kappa shape index (κ1) is 12.6. The smallest absolute Gasteiger partial charge is 0.337 e. The van der Waals surface area contributed by atoms with E-state index in [1.54, 1.807) is 25.9 Å². The van der Waals surface area contributed by atoms with Gasteiger partial charge in [0.1, 0.15) is 5.70 Å². The highest BCUT2D eigenvalue weighted by atomic mass is 16.7. The minimum atomic E-state index is -1.37. The second-order valence-corrected chi connectivity index (χ2v) is 4.26. The Hall–Kier alpha value is -1.87. The van der Waals surface area contributed by atoms with Gasteiger partial charge in [-0.1, -0.05) is 0 Å². The van der Waals surface area contributed by atoms with E-state index in [1.807, 2.05) is 0 Å². The van der Waals surface area contributed by atoms with Crippen LogP contribution in [0.5, 0.6) is 0 Å². The third-order valence-corrected chi connectivity index (χ3v) is 2.80. The zero-order valence-corrected chi connectivity index (χ0v) is 10.5. The number of guanidine groups is 1. The molecule has 100 valence electrons. The largest absolute Gasteiger partial charge is 0.354 e. The number of aliphatic imine (C=N–C) groups is 1. The summed E-state index contributed by atoms with van der Waals surface area (Å²) in [5.74, 6) is -0.886. The first-order valence-corrected chi connectivity index (χ1v) is 5.51. The molecule has 0 saturated carbocycles. The third-order valence-electron chi connectivity index (χ3n) is 2.80. The number of hydroxylamine groups is 1. The van der Waals surface area contributed by atoms with Crippen molar-refractivity contribution in [2.75, 3.05) is 27.2 Å². The molecule has 0 amide bonds. The minimum absolute atomic E-state index is 0.0797. The molecule has 0 bridgehead atoms. The van der Waals surface area contributed by atoms with Crippen LogP contribution in [0.1, 0.15) is 6.92 Å². The lowest BCUT2D eigenvalue weighted by Crippen LogP contribution is -2.63. The van der Waals surface area contributed by atoms with Crippen molar-refractivity contribution in [3.63, 3.8) is 0 Å². The predicted molar refractivity (Wildman–Crippen MR) is 63.8 cm³/mol. The second-order valence-electron chi connectivity index (χ2n) is 4.26. The van der Waals surface area contributed by atoms with Gasteiger partial charge in [-0.2, -0.15) is 0 Å². The summed E-state index contributed by atoms with van der Waals surface area (Å²) >= 11 is 0. The maximum atomic E-state index is 11.2. The average Bonchev–Trinajstić information content (AvgIpc) is 2.87. The lowest BCUT2D eigenvalue weighted by atomic mass is 10.2. The summed E-state index contributed by atoms with van der Waals surface area (Å²) in [6.45, 7) is 2.93. The van der Waals surface area contributed by atoms with E-state index in [0.29, 0.717) is 24.7 Å². The Morgan fingerprint density at radius 3 is 2.83 bits per heavy atom. The molecule has 2 heterocycles.